The molecule has 3 rings (SSSR count). The third-order valence-electron chi connectivity index (χ3n) is 5.08. The molecular weight excluding hydrogens is 338 g/mol. The van der Waals surface area contributed by atoms with Gasteiger partial charge in [-0.15, -0.1) is 0 Å². The van der Waals surface area contributed by atoms with Crippen LogP contribution < -0.4 is 0 Å². The molecule has 7 nitrogen and oxygen atoms in total. The van der Waals surface area contributed by atoms with Crippen LogP contribution in [0.4, 0.5) is 5.69 Å². The molecule has 1 N–H and O–H groups in total. The summed E-state index contributed by atoms with van der Waals surface area (Å²) in [7, 11) is 0. The molecule has 0 heterocycles. The van der Waals surface area contributed by atoms with Crippen LogP contribution in [0.1, 0.15) is 50.0 Å². The Balaban J connectivity index is 2.24. The molecule has 26 heavy (non-hydrogen) atoms. The zero-order valence-electron chi connectivity index (χ0n) is 14.1. The highest BCUT2D eigenvalue weighted by Gasteiger charge is 2.44. The Morgan fingerprint density at radius 3 is 2.23 bits per heavy atom. The number of Topliss-reactive ketones (excluding diaryl/α,β-unsaturated/α-hetero) is 3. The number of carbonyl (C=O) groups is 3. The number of nitrogens with zero attached hydrogens (tertiary/aromatic N) is 1. The van der Waals surface area contributed by atoms with E-state index in [9.17, 15) is 29.6 Å². The van der Waals surface area contributed by atoms with Gasteiger partial charge in [-0.05, 0) is 12.8 Å². The molecule has 7 heteroatoms. The average Bonchev–Trinajstić information content (AvgIpc) is 2.60. The Kier molecular flexibility index (Phi) is 4.97. The van der Waals surface area contributed by atoms with Crippen molar-refractivity contribution >= 4 is 23.0 Å². The highest BCUT2D eigenvalue weighted by Crippen LogP contribution is 2.44. The number of hydrogen-bond donors (Lipinski definition) is 1. The molecule has 0 unspecified atom stereocenters. The van der Waals surface area contributed by atoms with Crippen LogP contribution in [-0.4, -0.2) is 27.4 Å². The Bertz CT molecular complexity index is 809. The van der Waals surface area contributed by atoms with Gasteiger partial charge in [0, 0.05) is 48.8 Å². The topological polar surface area (TPSA) is 115 Å². The molecule has 0 spiro atoms. The second-order valence-corrected chi connectivity index (χ2v) is 6.69. The number of carbonyl (C=O) groups excluding carboxylic acids is 3. The van der Waals surface area contributed by atoms with E-state index in [1.807, 2.05) is 0 Å². The van der Waals surface area contributed by atoms with Crippen molar-refractivity contribution in [1.82, 2.24) is 0 Å². The summed E-state index contributed by atoms with van der Waals surface area (Å²) in [5, 5.41) is 21.9. The highest BCUT2D eigenvalue weighted by atomic mass is 16.6. The number of nitro benzene ring substituents is 1. The largest absolute Gasteiger partial charge is 0.512 e. The third kappa shape index (κ3) is 3.16. The quantitative estimate of drug-likeness (QED) is 0.503. The van der Waals surface area contributed by atoms with Crippen LogP contribution in [-0.2, 0) is 14.4 Å². The van der Waals surface area contributed by atoms with Crippen molar-refractivity contribution in [3.63, 3.8) is 0 Å². The Hall–Kier alpha value is -2.83. The first-order chi connectivity index (χ1) is 12.4. The molecular formula is C19H19NO6. The minimum Gasteiger partial charge on any atom is -0.512 e. The van der Waals surface area contributed by atoms with E-state index in [-0.39, 0.29) is 65.6 Å². The van der Waals surface area contributed by atoms with Crippen LogP contribution in [0.25, 0.3) is 0 Å². The predicted octanol–water partition coefficient (Wildman–Crippen LogP) is 3.18. The number of hydrogen-bond acceptors (Lipinski definition) is 6. The first-order valence-electron chi connectivity index (χ1n) is 8.65. The van der Waals surface area contributed by atoms with Crippen molar-refractivity contribution in [2.45, 2.75) is 44.4 Å². The lowest BCUT2D eigenvalue weighted by atomic mass is 9.69. The Labute approximate surface area is 149 Å². The molecule has 0 aliphatic heterocycles. The van der Waals surface area contributed by atoms with E-state index in [2.05, 4.69) is 0 Å². The summed E-state index contributed by atoms with van der Waals surface area (Å²) >= 11 is 0. The number of para-hydroxylation sites is 1. The zero-order valence-corrected chi connectivity index (χ0v) is 14.1. The van der Waals surface area contributed by atoms with E-state index in [1.165, 1.54) is 18.2 Å². The monoisotopic (exact) mass is 357 g/mol. The number of benzene rings is 1. The summed E-state index contributed by atoms with van der Waals surface area (Å²) in [4.78, 5) is 48.5. The standard InChI is InChI=1S/C19H19NO6/c21-13-7-3-8-14(22)18(13)17(19-15(23)9-4-10-16(19)24)11-5-1-2-6-12(11)20(25)26/h1-2,5-6,17-18,23H,3-4,7-10H2/t17-/m1/s1. The molecule has 1 aromatic carbocycles. The van der Waals surface area contributed by atoms with Gasteiger partial charge < -0.3 is 5.11 Å². The van der Waals surface area contributed by atoms with Crippen LogP contribution in [0.3, 0.4) is 0 Å². The van der Waals surface area contributed by atoms with Crippen LogP contribution in [0.2, 0.25) is 0 Å². The predicted molar refractivity (Wildman–Crippen MR) is 91.7 cm³/mol. The molecule has 0 amide bonds. The summed E-state index contributed by atoms with van der Waals surface area (Å²) in [5.41, 5.74) is -0.149. The SMILES string of the molecule is O=C1CCCC(O)=C1[C@H](c1ccccc1[N+](=O)[O-])C1C(=O)CCCC1=O. The fourth-order valence-corrected chi connectivity index (χ4v) is 3.92. The van der Waals surface area contributed by atoms with Gasteiger partial charge in [0.2, 0.25) is 0 Å². The van der Waals surface area contributed by atoms with Crippen molar-refractivity contribution < 1.29 is 24.4 Å². The highest BCUT2D eigenvalue weighted by molar-refractivity contribution is 6.08. The van der Waals surface area contributed by atoms with Gasteiger partial charge in [-0.1, -0.05) is 18.2 Å². The fourth-order valence-electron chi connectivity index (χ4n) is 3.92. The molecule has 0 bridgehead atoms. The van der Waals surface area contributed by atoms with E-state index in [0.717, 1.165) is 0 Å². The maximum atomic E-state index is 12.6. The maximum absolute atomic E-state index is 12.6. The van der Waals surface area contributed by atoms with Gasteiger partial charge in [0.1, 0.15) is 11.6 Å². The molecule has 1 atom stereocenters. The molecule has 0 radical (unpaired) electrons. The van der Waals surface area contributed by atoms with E-state index in [1.54, 1.807) is 6.07 Å². The third-order valence-corrected chi connectivity index (χ3v) is 5.08. The Morgan fingerprint density at radius 2 is 1.62 bits per heavy atom. The lowest BCUT2D eigenvalue weighted by Crippen LogP contribution is -2.37. The normalized spacial score (nSPS) is 20.4. The fraction of sp³-hybridized carbons (Fsp3) is 0.421. The number of allylic oxidation sites excluding steroid dienone is 2. The molecule has 1 aromatic rings. The van der Waals surface area contributed by atoms with Crippen molar-refractivity contribution in [3.05, 3.63) is 51.3 Å². The first kappa shape index (κ1) is 18.0. The number of aliphatic hydroxyl groups is 1. The molecule has 2 aliphatic carbocycles. The number of rotatable bonds is 4. The van der Waals surface area contributed by atoms with Crippen molar-refractivity contribution in [1.29, 1.82) is 0 Å². The van der Waals surface area contributed by atoms with Gasteiger partial charge in [0.25, 0.3) is 5.69 Å². The van der Waals surface area contributed by atoms with E-state index < -0.39 is 16.8 Å². The number of ketones is 3. The minimum atomic E-state index is -1.16. The maximum Gasteiger partial charge on any atom is 0.273 e. The van der Waals surface area contributed by atoms with Crippen LogP contribution in [0.15, 0.2) is 35.6 Å². The minimum absolute atomic E-state index is 0.0147. The smallest absolute Gasteiger partial charge is 0.273 e. The van der Waals surface area contributed by atoms with E-state index >= 15 is 0 Å². The second kappa shape index (κ2) is 7.19. The summed E-state index contributed by atoms with van der Waals surface area (Å²) in [6, 6.07) is 5.79. The zero-order chi connectivity index (χ0) is 18.8. The van der Waals surface area contributed by atoms with Crippen molar-refractivity contribution in [2.24, 2.45) is 5.92 Å². The average molecular weight is 357 g/mol. The molecule has 1 saturated carbocycles. The molecule has 136 valence electrons. The second-order valence-electron chi connectivity index (χ2n) is 6.69. The summed E-state index contributed by atoms with van der Waals surface area (Å²) in [6.45, 7) is 0. The van der Waals surface area contributed by atoms with Gasteiger partial charge in [-0.3, -0.25) is 24.5 Å². The van der Waals surface area contributed by atoms with Crippen molar-refractivity contribution in [2.75, 3.05) is 0 Å². The van der Waals surface area contributed by atoms with E-state index in [4.69, 9.17) is 0 Å². The van der Waals surface area contributed by atoms with Gasteiger partial charge in [-0.2, -0.15) is 0 Å². The summed E-state index contributed by atoms with van der Waals surface area (Å²) < 4.78 is 0. The van der Waals surface area contributed by atoms with Crippen LogP contribution in [0.5, 0.6) is 0 Å². The number of aliphatic hydroxyl groups excluding tert-OH is 1. The summed E-state index contributed by atoms with van der Waals surface area (Å²) in [5.74, 6) is -3.46. The molecule has 0 aromatic heterocycles. The lowest BCUT2D eigenvalue weighted by Gasteiger charge is -2.31. The van der Waals surface area contributed by atoms with Gasteiger partial charge in [-0.25, -0.2) is 0 Å². The van der Waals surface area contributed by atoms with Crippen LogP contribution >= 0.6 is 0 Å². The van der Waals surface area contributed by atoms with Gasteiger partial charge >= 0.3 is 0 Å². The Morgan fingerprint density at radius 1 is 1.00 bits per heavy atom. The molecule has 0 saturated heterocycles. The molecule has 2 aliphatic rings. The molecule has 1 fully saturated rings. The first-order valence-corrected chi connectivity index (χ1v) is 8.65. The van der Waals surface area contributed by atoms with E-state index in [0.29, 0.717) is 12.8 Å². The van der Waals surface area contributed by atoms with Crippen molar-refractivity contribution in [3.8, 4) is 0 Å². The lowest BCUT2D eigenvalue weighted by molar-refractivity contribution is -0.385. The van der Waals surface area contributed by atoms with Crippen LogP contribution in [0, 0.1) is 16.0 Å². The van der Waals surface area contributed by atoms with Gasteiger partial charge in [0.05, 0.1) is 16.6 Å². The van der Waals surface area contributed by atoms with Gasteiger partial charge in [0.15, 0.2) is 5.78 Å². The summed E-state index contributed by atoms with van der Waals surface area (Å²) in [6.07, 6.45) is 1.74. The number of nitro groups is 1.